The van der Waals surface area contributed by atoms with Gasteiger partial charge in [-0.05, 0) is 66.8 Å². The quantitative estimate of drug-likeness (QED) is 0.688. The fraction of sp³-hybridized carbons (Fsp3) is 0.350. The Morgan fingerprint density at radius 3 is 2.52 bits per heavy atom. The Balaban J connectivity index is 1.88. The van der Waals surface area contributed by atoms with Gasteiger partial charge in [0.05, 0.1) is 0 Å². The summed E-state index contributed by atoms with van der Waals surface area (Å²) in [5.74, 6) is 0.700. The van der Waals surface area contributed by atoms with Crippen LogP contribution in [0, 0.1) is 5.92 Å². The normalized spacial score (nSPS) is 14.0. The van der Waals surface area contributed by atoms with Gasteiger partial charge in [-0.25, -0.2) is 0 Å². The van der Waals surface area contributed by atoms with Gasteiger partial charge in [-0.2, -0.15) is 0 Å². The first-order chi connectivity index (χ1) is 11.0. The number of carbonyl (C=O) groups is 1. The molecule has 23 heavy (non-hydrogen) atoms. The van der Waals surface area contributed by atoms with Crippen LogP contribution >= 0.6 is 0 Å². The van der Waals surface area contributed by atoms with E-state index in [4.69, 9.17) is 5.73 Å². The van der Waals surface area contributed by atoms with E-state index in [0.717, 1.165) is 31.5 Å². The molecule has 0 amide bonds. The van der Waals surface area contributed by atoms with E-state index in [0.29, 0.717) is 17.2 Å². The second-order valence-electron chi connectivity index (χ2n) is 6.74. The molecule has 3 rings (SSSR count). The maximum atomic E-state index is 12.6. The Morgan fingerprint density at radius 1 is 1.13 bits per heavy atom. The van der Waals surface area contributed by atoms with Gasteiger partial charge in [0, 0.05) is 35.6 Å². The third kappa shape index (κ3) is 3.39. The van der Waals surface area contributed by atoms with Crippen molar-refractivity contribution in [1.29, 1.82) is 0 Å². The average molecular weight is 308 g/mol. The third-order valence-corrected chi connectivity index (χ3v) is 4.31. The van der Waals surface area contributed by atoms with Crippen LogP contribution in [0.5, 0.6) is 0 Å². The predicted molar refractivity (Wildman–Crippen MR) is 96.1 cm³/mol. The standard InChI is InChI=1S/C20H24N2O/c1-14(2)13-22-11-3-4-16-12-17(7-10-19(16)22)20(23)15-5-8-18(21)9-6-15/h5-10,12,14H,3-4,11,13,21H2,1-2H3. The molecule has 2 aromatic carbocycles. The minimum absolute atomic E-state index is 0.0637. The van der Waals surface area contributed by atoms with Crippen molar-refractivity contribution in [3.8, 4) is 0 Å². The number of aryl methyl sites for hydroxylation is 1. The van der Waals surface area contributed by atoms with Gasteiger partial charge < -0.3 is 10.6 Å². The van der Waals surface area contributed by atoms with Crippen LogP contribution in [0.1, 0.15) is 41.8 Å². The highest BCUT2D eigenvalue weighted by Gasteiger charge is 2.19. The lowest BCUT2D eigenvalue weighted by atomic mass is 9.95. The Bertz CT molecular complexity index is 704. The molecule has 0 aliphatic carbocycles. The zero-order valence-electron chi connectivity index (χ0n) is 13.9. The number of carbonyl (C=O) groups excluding carboxylic acids is 1. The van der Waals surface area contributed by atoms with Gasteiger partial charge >= 0.3 is 0 Å². The number of fused-ring (bicyclic) bond motifs is 1. The molecule has 120 valence electrons. The van der Waals surface area contributed by atoms with Crippen LogP contribution in [-0.2, 0) is 6.42 Å². The van der Waals surface area contributed by atoms with Crippen LogP contribution in [0.15, 0.2) is 42.5 Å². The highest BCUT2D eigenvalue weighted by atomic mass is 16.1. The first-order valence-corrected chi connectivity index (χ1v) is 8.32. The molecule has 0 aromatic heterocycles. The summed E-state index contributed by atoms with van der Waals surface area (Å²) < 4.78 is 0. The Kier molecular flexibility index (Phi) is 4.37. The largest absolute Gasteiger partial charge is 0.399 e. The van der Waals surface area contributed by atoms with Gasteiger partial charge in [0.2, 0.25) is 0 Å². The number of rotatable bonds is 4. The molecule has 0 saturated heterocycles. The van der Waals surface area contributed by atoms with Crippen LogP contribution in [0.2, 0.25) is 0 Å². The summed E-state index contributed by atoms with van der Waals surface area (Å²) in [6.45, 7) is 6.66. The smallest absolute Gasteiger partial charge is 0.193 e. The third-order valence-electron chi connectivity index (χ3n) is 4.31. The molecule has 3 nitrogen and oxygen atoms in total. The molecule has 0 spiro atoms. The number of benzene rings is 2. The van der Waals surface area contributed by atoms with E-state index in [-0.39, 0.29) is 5.78 Å². The van der Waals surface area contributed by atoms with E-state index in [1.807, 2.05) is 6.07 Å². The van der Waals surface area contributed by atoms with Crippen molar-refractivity contribution in [3.63, 3.8) is 0 Å². The van der Waals surface area contributed by atoms with E-state index in [9.17, 15) is 4.79 Å². The minimum atomic E-state index is 0.0637. The van der Waals surface area contributed by atoms with Crippen LogP contribution in [0.25, 0.3) is 0 Å². The summed E-state index contributed by atoms with van der Waals surface area (Å²) >= 11 is 0. The summed E-state index contributed by atoms with van der Waals surface area (Å²) in [5, 5.41) is 0. The summed E-state index contributed by atoms with van der Waals surface area (Å²) in [6.07, 6.45) is 2.20. The second-order valence-corrected chi connectivity index (χ2v) is 6.74. The lowest BCUT2D eigenvalue weighted by molar-refractivity contribution is 0.103. The molecular formula is C20H24N2O. The van der Waals surface area contributed by atoms with E-state index < -0.39 is 0 Å². The number of hydrogen-bond donors (Lipinski definition) is 1. The van der Waals surface area contributed by atoms with E-state index in [1.54, 1.807) is 24.3 Å². The van der Waals surface area contributed by atoms with Crippen LogP contribution in [-0.4, -0.2) is 18.9 Å². The number of nitrogens with two attached hydrogens (primary N) is 1. The molecule has 0 saturated carbocycles. The number of hydrogen-bond acceptors (Lipinski definition) is 3. The SMILES string of the molecule is CC(C)CN1CCCc2cc(C(=O)c3ccc(N)cc3)ccc21. The monoisotopic (exact) mass is 308 g/mol. The lowest BCUT2D eigenvalue weighted by Crippen LogP contribution is -2.32. The van der Waals surface area contributed by atoms with Crippen molar-refractivity contribution in [2.45, 2.75) is 26.7 Å². The lowest BCUT2D eigenvalue weighted by Gasteiger charge is -2.33. The van der Waals surface area contributed by atoms with Crippen molar-refractivity contribution in [3.05, 3.63) is 59.2 Å². The van der Waals surface area contributed by atoms with Crippen LogP contribution in [0.4, 0.5) is 11.4 Å². The minimum Gasteiger partial charge on any atom is -0.399 e. The zero-order chi connectivity index (χ0) is 16.4. The Labute approximate surface area is 138 Å². The molecule has 1 heterocycles. The van der Waals surface area contributed by atoms with Crippen molar-refractivity contribution in [1.82, 2.24) is 0 Å². The first-order valence-electron chi connectivity index (χ1n) is 8.32. The fourth-order valence-corrected chi connectivity index (χ4v) is 3.25. The van der Waals surface area contributed by atoms with Gasteiger partial charge in [-0.3, -0.25) is 4.79 Å². The van der Waals surface area contributed by atoms with Crippen molar-refractivity contribution in [2.24, 2.45) is 5.92 Å². The van der Waals surface area contributed by atoms with Crippen molar-refractivity contribution >= 4 is 17.2 Å². The summed E-state index contributed by atoms with van der Waals surface area (Å²) in [4.78, 5) is 15.1. The van der Waals surface area contributed by atoms with E-state index in [2.05, 4.69) is 30.9 Å². The van der Waals surface area contributed by atoms with Crippen LogP contribution in [0.3, 0.4) is 0 Å². The second kappa shape index (κ2) is 6.45. The molecule has 0 fully saturated rings. The fourth-order valence-electron chi connectivity index (χ4n) is 3.25. The predicted octanol–water partition coefficient (Wildman–Crippen LogP) is 3.91. The molecule has 1 aliphatic heterocycles. The topological polar surface area (TPSA) is 46.3 Å². The van der Waals surface area contributed by atoms with Gasteiger partial charge in [0.25, 0.3) is 0 Å². The molecule has 1 aliphatic rings. The first kappa shape index (κ1) is 15.6. The van der Waals surface area contributed by atoms with E-state index in [1.165, 1.54) is 11.3 Å². The van der Waals surface area contributed by atoms with Gasteiger partial charge in [0.15, 0.2) is 5.78 Å². The molecule has 2 N–H and O–H groups in total. The highest BCUT2D eigenvalue weighted by molar-refractivity contribution is 6.09. The molecule has 3 heteroatoms. The Hall–Kier alpha value is -2.29. The molecule has 0 bridgehead atoms. The van der Waals surface area contributed by atoms with E-state index >= 15 is 0 Å². The van der Waals surface area contributed by atoms with Gasteiger partial charge in [-0.1, -0.05) is 13.8 Å². The average Bonchev–Trinajstić information content (AvgIpc) is 2.54. The maximum Gasteiger partial charge on any atom is 0.193 e. The summed E-state index contributed by atoms with van der Waals surface area (Å²) in [5.41, 5.74) is 10.4. The zero-order valence-corrected chi connectivity index (χ0v) is 13.9. The molecule has 0 radical (unpaired) electrons. The Morgan fingerprint density at radius 2 is 1.83 bits per heavy atom. The van der Waals surface area contributed by atoms with Crippen LogP contribution < -0.4 is 10.6 Å². The molecule has 0 atom stereocenters. The van der Waals surface area contributed by atoms with Crippen molar-refractivity contribution < 1.29 is 4.79 Å². The molecular weight excluding hydrogens is 284 g/mol. The van der Waals surface area contributed by atoms with Gasteiger partial charge in [0.1, 0.15) is 0 Å². The highest BCUT2D eigenvalue weighted by Crippen LogP contribution is 2.29. The van der Waals surface area contributed by atoms with Crippen molar-refractivity contribution in [2.75, 3.05) is 23.7 Å². The maximum absolute atomic E-state index is 12.6. The number of nitrogen functional groups attached to an aromatic ring is 1. The molecule has 0 unspecified atom stereocenters. The van der Waals surface area contributed by atoms with Gasteiger partial charge in [-0.15, -0.1) is 0 Å². The molecule has 2 aromatic rings. The summed E-state index contributed by atoms with van der Waals surface area (Å²) in [6, 6.07) is 13.3. The number of nitrogens with zero attached hydrogens (tertiary/aromatic N) is 1. The summed E-state index contributed by atoms with van der Waals surface area (Å²) in [7, 11) is 0. The number of ketones is 1. The number of anilines is 2.